The lowest BCUT2D eigenvalue weighted by atomic mass is 9.86. The highest BCUT2D eigenvalue weighted by Crippen LogP contribution is 2.47. The SMILES string of the molecule is COC(=O)C1=CC2Oc3cc(CC4=CCC=C4)cc(NC4CCC(O)CC4)c3C2C=C1. The van der Waals surface area contributed by atoms with Crippen molar-refractivity contribution in [3.05, 3.63) is 70.9 Å². The van der Waals surface area contributed by atoms with Gasteiger partial charge in [0, 0.05) is 23.2 Å². The zero-order chi connectivity index (χ0) is 21.4. The Morgan fingerprint density at radius 2 is 2.06 bits per heavy atom. The van der Waals surface area contributed by atoms with Crippen molar-refractivity contribution in [3.63, 3.8) is 0 Å². The van der Waals surface area contributed by atoms with Crippen LogP contribution in [0, 0.1) is 0 Å². The van der Waals surface area contributed by atoms with E-state index in [1.807, 2.05) is 12.2 Å². The second kappa shape index (κ2) is 8.39. The molecule has 2 atom stereocenters. The first-order valence-electron chi connectivity index (χ1n) is 11.2. The summed E-state index contributed by atoms with van der Waals surface area (Å²) in [4.78, 5) is 12.0. The van der Waals surface area contributed by atoms with Crippen LogP contribution in [0.4, 0.5) is 5.69 Å². The third-order valence-electron chi connectivity index (χ3n) is 6.71. The van der Waals surface area contributed by atoms with Crippen molar-refractivity contribution in [2.45, 2.75) is 62.7 Å². The van der Waals surface area contributed by atoms with Gasteiger partial charge < -0.3 is 19.9 Å². The number of nitrogens with one attached hydrogen (secondary N) is 1. The quantitative estimate of drug-likeness (QED) is 0.695. The third kappa shape index (κ3) is 4.07. The van der Waals surface area contributed by atoms with E-state index in [0.717, 1.165) is 55.5 Å². The van der Waals surface area contributed by atoms with Crippen molar-refractivity contribution < 1.29 is 19.4 Å². The molecule has 0 aromatic heterocycles. The Morgan fingerprint density at radius 3 is 2.81 bits per heavy atom. The number of anilines is 1. The Morgan fingerprint density at radius 1 is 1.23 bits per heavy atom. The van der Waals surface area contributed by atoms with Crippen molar-refractivity contribution in [1.29, 1.82) is 0 Å². The molecule has 5 nitrogen and oxygen atoms in total. The van der Waals surface area contributed by atoms with E-state index in [9.17, 15) is 9.90 Å². The van der Waals surface area contributed by atoms with Crippen molar-refractivity contribution in [3.8, 4) is 5.75 Å². The summed E-state index contributed by atoms with van der Waals surface area (Å²) in [5.41, 5.74) is 5.36. The Labute approximate surface area is 183 Å². The van der Waals surface area contributed by atoms with Gasteiger partial charge in [0.1, 0.15) is 11.9 Å². The number of rotatable bonds is 5. The van der Waals surface area contributed by atoms with E-state index >= 15 is 0 Å². The van der Waals surface area contributed by atoms with Gasteiger partial charge in [0.2, 0.25) is 0 Å². The first-order valence-corrected chi connectivity index (χ1v) is 11.2. The molecule has 5 rings (SSSR count). The van der Waals surface area contributed by atoms with Crippen LogP contribution < -0.4 is 10.1 Å². The minimum atomic E-state index is -0.339. The van der Waals surface area contributed by atoms with E-state index in [4.69, 9.17) is 9.47 Å². The summed E-state index contributed by atoms with van der Waals surface area (Å²) in [5, 5.41) is 13.7. The minimum Gasteiger partial charge on any atom is -0.485 e. The van der Waals surface area contributed by atoms with E-state index in [-0.39, 0.29) is 24.1 Å². The largest absolute Gasteiger partial charge is 0.485 e. The number of aliphatic hydroxyl groups excluding tert-OH is 1. The Bertz CT molecular complexity index is 995. The fourth-order valence-corrected chi connectivity index (χ4v) is 5.08. The van der Waals surface area contributed by atoms with Gasteiger partial charge in [-0.15, -0.1) is 0 Å². The van der Waals surface area contributed by atoms with Crippen LogP contribution in [-0.2, 0) is 16.0 Å². The van der Waals surface area contributed by atoms with Gasteiger partial charge in [-0.2, -0.15) is 0 Å². The van der Waals surface area contributed by atoms with Gasteiger partial charge in [0.05, 0.1) is 18.8 Å². The monoisotopic (exact) mass is 419 g/mol. The van der Waals surface area contributed by atoms with Crippen LogP contribution in [-0.4, -0.2) is 36.4 Å². The predicted molar refractivity (Wildman–Crippen MR) is 120 cm³/mol. The highest BCUT2D eigenvalue weighted by atomic mass is 16.5. The van der Waals surface area contributed by atoms with E-state index in [0.29, 0.717) is 11.6 Å². The summed E-state index contributed by atoms with van der Waals surface area (Å²) in [7, 11) is 1.40. The number of hydrogen-bond acceptors (Lipinski definition) is 5. The van der Waals surface area contributed by atoms with Gasteiger partial charge in [-0.3, -0.25) is 0 Å². The van der Waals surface area contributed by atoms with Crippen LogP contribution in [0.1, 0.15) is 49.1 Å². The summed E-state index contributed by atoms with van der Waals surface area (Å²) in [5.74, 6) is 0.620. The standard InChI is InChI=1S/C26H29NO4/c1-30-26(29)18-6-11-21-23(15-18)31-24-14-17(12-16-4-2-3-5-16)13-22(25(21)24)27-19-7-9-20(28)10-8-19/h2,4-6,11,13-15,19-21,23,27-28H,3,7-10,12H2,1H3. The molecule has 0 bridgehead atoms. The number of carbonyl (C=O) groups is 1. The Balaban J connectivity index is 1.46. The Kier molecular flexibility index (Phi) is 5.45. The number of esters is 1. The molecule has 0 spiro atoms. The number of ether oxygens (including phenoxy) is 2. The second-order valence-corrected chi connectivity index (χ2v) is 8.88. The average Bonchev–Trinajstić information content (AvgIpc) is 3.41. The van der Waals surface area contributed by atoms with Crippen molar-refractivity contribution in [1.82, 2.24) is 0 Å². The van der Waals surface area contributed by atoms with Crippen LogP contribution >= 0.6 is 0 Å². The first kappa shape index (κ1) is 20.1. The molecule has 0 saturated heterocycles. The number of methoxy groups -OCH3 is 1. The summed E-state index contributed by atoms with van der Waals surface area (Å²) in [6.07, 6.45) is 17.5. The number of allylic oxidation sites excluding steroid dienone is 4. The van der Waals surface area contributed by atoms with Gasteiger partial charge >= 0.3 is 5.97 Å². The maximum atomic E-state index is 12.0. The number of benzene rings is 1. The van der Waals surface area contributed by atoms with Crippen molar-refractivity contribution >= 4 is 11.7 Å². The van der Waals surface area contributed by atoms with Crippen LogP contribution in [0.2, 0.25) is 0 Å². The van der Waals surface area contributed by atoms with E-state index in [1.165, 1.54) is 18.2 Å². The topological polar surface area (TPSA) is 67.8 Å². The normalized spacial score (nSPS) is 28.3. The summed E-state index contributed by atoms with van der Waals surface area (Å²) < 4.78 is 11.2. The molecule has 1 aliphatic heterocycles. The van der Waals surface area contributed by atoms with E-state index < -0.39 is 0 Å². The summed E-state index contributed by atoms with van der Waals surface area (Å²) in [6.45, 7) is 0. The molecule has 31 heavy (non-hydrogen) atoms. The van der Waals surface area contributed by atoms with E-state index in [1.54, 1.807) is 0 Å². The smallest absolute Gasteiger partial charge is 0.337 e. The minimum absolute atomic E-state index is 0.0692. The van der Waals surface area contributed by atoms with E-state index in [2.05, 4.69) is 41.8 Å². The lowest BCUT2D eigenvalue weighted by Gasteiger charge is -2.28. The van der Waals surface area contributed by atoms with Crippen molar-refractivity contribution in [2.24, 2.45) is 0 Å². The van der Waals surface area contributed by atoms with Gasteiger partial charge in [-0.25, -0.2) is 4.79 Å². The molecule has 4 aliphatic rings. The van der Waals surface area contributed by atoms with Gasteiger partial charge in [-0.05, 0) is 67.9 Å². The molecule has 2 N–H and O–H groups in total. The molecule has 1 aromatic rings. The molecule has 5 heteroatoms. The molecule has 3 aliphatic carbocycles. The fraction of sp³-hybridized carbons (Fsp3) is 0.423. The molecule has 0 radical (unpaired) electrons. The highest BCUT2D eigenvalue weighted by Gasteiger charge is 2.37. The lowest BCUT2D eigenvalue weighted by molar-refractivity contribution is -0.135. The summed E-state index contributed by atoms with van der Waals surface area (Å²) >= 11 is 0. The molecule has 2 unspecified atom stereocenters. The lowest BCUT2D eigenvalue weighted by Crippen LogP contribution is -2.29. The van der Waals surface area contributed by atoms with Crippen LogP contribution in [0.25, 0.3) is 0 Å². The fourth-order valence-electron chi connectivity index (χ4n) is 5.08. The maximum absolute atomic E-state index is 12.0. The molecular weight excluding hydrogens is 390 g/mol. The molecule has 162 valence electrons. The molecule has 1 heterocycles. The van der Waals surface area contributed by atoms with Crippen LogP contribution in [0.3, 0.4) is 0 Å². The first-order chi connectivity index (χ1) is 15.1. The zero-order valence-corrected chi connectivity index (χ0v) is 17.8. The number of carbonyl (C=O) groups excluding carboxylic acids is 1. The third-order valence-corrected chi connectivity index (χ3v) is 6.71. The maximum Gasteiger partial charge on any atom is 0.337 e. The molecule has 1 saturated carbocycles. The predicted octanol–water partition coefficient (Wildman–Crippen LogP) is 4.34. The van der Waals surface area contributed by atoms with Gasteiger partial charge in [0.15, 0.2) is 0 Å². The molecule has 1 aromatic carbocycles. The molecule has 1 fully saturated rings. The van der Waals surface area contributed by atoms with Gasteiger partial charge in [0.25, 0.3) is 0 Å². The van der Waals surface area contributed by atoms with Crippen LogP contribution in [0.5, 0.6) is 5.75 Å². The average molecular weight is 420 g/mol. The number of hydrogen-bond donors (Lipinski definition) is 2. The molecule has 0 amide bonds. The highest BCUT2D eigenvalue weighted by molar-refractivity contribution is 5.92. The zero-order valence-electron chi connectivity index (χ0n) is 17.8. The van der Waals surface area contributed by atoms with Gasteiger partial charge in [-0.1, -0.05) is 30.4 Å². The summed E-state index contributed by atoms with van der Waals surface area (Å²) in [6, 6.07) is 4.76. The number of fused-ring (bicyclic) bond motifs is 3. The molecular formula is C26H29NO4. The second-order valence-electron chi connectivity index (χ2n) is 8.88. The Hall–Kier alpha value is -2.79. The van der Waals surface area contributed by atoms with Crippen molar-refractivity contribution in [2.75, 3.05) is 12.4 Å². The number of aliphatic hydroxyl groups is 1. The van der Waals surface area contributed by atoms with Crippen LogP contribution in [0.15, 0.2) is 59.7 Å².